The fourth-order valence-corrected chi connectivity index (χ4v) is 2.79. The number of aromatic nitrogens is 2. The van der Waals surface area contributed by atoms with Crippen molar-refractivity contribution in [2.45, 2.75) is 33.3 Å². The number of ether oxygens (including phenoxy) is 1. The van der Waals surface area contributed by atoms with E-state index < -0.39 is 5.60 Å². The van der Waals surface area contributed by atoms with E-state index in [2.05, 4.69) is 4.98 Å². The molecule has 0 saturated carbocycles. The fourth-order valence-electron chi connectivity index (χ4n) is 2.63. The molecule has 4 nitrogen and oxygen atoms in total. The highest BCUT2D eigenvalue weighted by Gasteiger charge is 2.14. The number of benzene rings is 1. The summed E-state index contributed by atoms with van der Waals surface area (Å²) in [7, 11) is 0. The number of fused-ring (bicyclic) bond motifs is 1. The van der Waals surface area contributed by atoms with Gasteiger partial charge < -0.3 is 9.14 Å². The number of hydrogen-bond donors (Lipinski definition) is 0. The SMILES string of the molecule is Cc1ccc(-c2cn3ccc(Cl)cc3n2)c(/C=C/C(=O)OC(C)(C)C)c1. The molecule has 0 radical (unpaired) electrons. The largest absolute Gasteiger partial charge is 0.457 e. The minimum Gasteiger partial charge on any atom is -0.457 e. The summed E-state index contributed by atoms with van der Waals surface area (Å²) in [5, 5.41) is 0.642. The highest BCUT2D eigenvalue weighted by Crippen LogP contribution is 2.26. The maximum atomic E-state index is 12.0. The van der Waals surface area contributed by atoms with Gasteiger partial charge in [-0.2, -0.15) is 0 Å². The van der Waals surface area contributed by atoms with Gasteiger partial charge in [0.05, 0.1) is 5.69 Å². The molecule has 1 aromatic carbocycles. The second-order valence-corrected chi connectivity index (χ2v) is 7.63. The first-order valence-electron chi connectivity index (χ1n) is 8.38. The number of aryl methyl sites for hydroxylation is 1. The molecule has 0 aliphatic heterocycles. The average molecular weight is 369 g/mol. The summed E-state index contributed by atoms with van der Waals surface area (Å²) in [6.45, 7) is 7.55. The number of rotatable bonds is 3. The predicted molar refractivity (Wildman–Crippen MR) is 105 cm³/mol. The summed E-state index contributed by atoms with van der Waals surface area (Å²) >= 11 is 6.05. The lowest BCUT2D eigenvalue weighted by Gasteiger charge is -2.18. The van der Waals surface area contributed by atoms with E-state index >= 15 is 0 Å². The van der Waals surface area contributed by atoms with E-state index in [0.717, 1.165) is 28.0 Å². The number of carbonyl (C=O) groups excluding carboxylic acids is 1. The van der Waals surface area contributed by atoms with Crippen molar-refractivity contribution in [3.8, 4) is 11.3 Å². The Bertz CT molecular complexity index is 997. The minimum atomic E-state index is -0.516. The third-order valence-electron chi connectivity index (χ3n) is 3.71. The number of nitrogens with zero attached hydrogens (tertiary/aromatic N) is 2. The molecule has 0 bridgehead atoms. The van der Waals surface area contributed by atoms with E-state index in [9.17, 15) is 4.79 Å². The van der Waals surface area contributed by atoms with Crippen molar-refractivity contribution in [3.05, 3.63) is 65.0 Å². The second-order valence-electron chi connectivity index (χ2n) is 7.19. The summed E-state index contributed by atoms with van der Waals surface area (Å²) in [6.07, 6.45) is 7.04. The quantitative estimate of drug-likeness (QED) is 0.464. The molecule has 2 aromatic heterocycles. The molecule has 0 aliphatic rings. The maximum Gasteiger partial charge on any atom is 0.331 e. The molecule has 0 spiro atoms. The van der Waals surface area contributed by atoms with Crippen LogP contribution < -0.4 is 0 Å². The third-order valence-corrected chi connectivity index (χ3v) is 3.95. The Labute approximate surface area is 158 Å². The Morgan fingerprint density at radius 3 is 2.73 bits per heavy atom. The van der Waals surface area contributed by atoms with Crippen LogP contribution in [0.15, 0.2) is 48.8 Å². The van der Waals surface area contributed by atoms with Gasteiger partial charge in [-0.25, -0.2) is 9.78 Å². The van der Waals surface area contributed by atoms with Crippen LogP contribution in [0.4, 0.5) is 0 Å². The van der Waals surface area contributed by atoms with Crippen LogP contribution >= 0.6 is 11.6 Å². The number of pyridine rings is 1. The lowest BCUT2D eigenvalue weighted by Crippen LogP contribution is -2.22. The van der Waals surface area contributed by atoms with Crippen LogP contribution in [-0.2, 0) is 9.53 Å². The summed E-state index contributed by atoms with van der Waals surface area (Å²) < 4.78 is 7.26. The van der Waals surface area contributed by atoms with Crippen LogP contribution in [0.5, 0.6) is 0 Å². The molecule has 0 saturated heterocycles. The van der Waals surface area contributed by atoms with Gasteiger partial charge in [-0.3, -0.25) is 0 Å². The predicted octanol–water partition coefficient (Wildman–Crippen LogP) is 5.32. The molecule has 0 atom stereocenters. The molecule has 0 fully saturated rings. The zero-order valence-electron chi connectivity index (χ0n) is 15.3. The van der Waals surface area contributed by atoms with Gasteiger partial charge in [0.2, 0.25) is 0 Å². The molecule has 134 valence electrons. The van der Waals surface area contributed by atoms with Gasteiger partial charge in [-0.15, -0.1) is 0 Å². The summed E-state index contributed by atoms with van der Waals surface area (Å²) in [4.78, 5) is 16.6. The Morgan fingerprint density at radius 2 is 2.00 bits per heavy atom. The van der Waals surface area contributed by atoms with Gasteiger partial charge in [-0.1, -0.05) is 35.4 Å². The summed E-state index contributed by atoms with van der Waals surface area (Å²) in [6, 6.07) is 9.69. The van der Waals surface area contributed by atoms with Crippen molar-refractivity contribution >= 4 is 29.3 Å². The Balaban J connectivity index is 1.98. The van der Waals surface area contributed by atoms with Gasteiger partial charge in [-0.05, 0) is 45.4 Å². The molecule has 5 heteroatoms. The molecular weight excluding hydrogens is 348 g/mol. The monoisotopic (exact) mass is 368 g/mol. The second kappa shape index (κ2) is 6.96. The normalized spacial score (nSPS) is 12.0. The summed E-state index contributed by atoms with van der Waals surface area (Å²) in [5.74, 6) is -0.369. The molecule has 0 unspecified atom stereocenters. The number of carbonyl (C=O) groups is 1. The fraction of sp³-hybridized carbons (Fsp3) is 0.238. The van der Waals surface area contributed by atoms with Crippen molar-refractivity contribution < 1.29 is 9.53 Å². The first-order chi connectivity index (χ1) is 12.2. The zero-order valence-corrected chi connectivity index (χ0v) is 16.0. The van der Waals surface area contributed by atoms with E-state index in [4.69, 9.17) is 16.3 Å². The third kappa shape index (κ3) is 4.33. The van der Waals surface area contributed by atoms with E-state index in [1.54, 1.807) is 6.08 Å². The van der Waals surface area contributed by atoms with Gasteiger partial charge in [0.25, 0.3) is 0 Å². The van der Waals surface area contributed by atoms with Gasteiger partial charge in [0.15, 0.2) is 0 Å². The molecule has 26 heavy (non-hydrogen) atoms. The van der Waals surface area contributed by atoms with Crippen LogP contribution in [0.25, 0.3) is 23.0 Å². The van der Waals surface area contributed by atoms with Gasteiger partial charge in [0.1, 0.15) is 11.2 Å². The topological polar surface area (TPSA) is 43.6 Å². The highest BCUT2D eigenvalue weighted by molar-refractivity contribution is 6.30. The van der Waals surface area contributed by atoms with Crippen LogP contribution in [0.1, 0.15) is 31.9 Å². The van der Waals surface area contributed by atoms with Crippen LogP contribution in [0.3, 0.4) is 0 Å². The van der Waals surface area contributed by atoms with E-state index in [-0.39, 0.29) is 5.97 Å². The van der Waals surface area contributed by atoms with E-state index in [1.807, 2.05) is 74.8 Å². The number of imidazole rings is 1. The first kappa shape index (κ1) is 18.2. The zero-order chi connectivity index (χ0) is 18.9. The molecule has 2 heterocycles. The van der Waals surface area contributed by atoms with Gasteiger partial charge in [0, 0.05) is 35.1 Å². The van der Waals surface area contributed by atoms with Gasteiger partial charge >= 0.3 is 5.97 Å². The highest BCUT2D eigenvalue weighted by atomic mass is 35.5. The van der Waals surface area contributed by atoms with Crippen LogP contribution in [0.2, 0.25) is 5.02 Å². The van der Waals surface area contributed by atoms with E-state index in [0.29, 0.717) is 5.02 Å². The standard InChI is InChI=1S/C21H21ClN2O2/c1-14-5-7-17(15(11-14)6-8-20(25)26-21(2,3)4)18-13-24-10-9-16(22)12-19(24)23-18/h5-13H,1-4H3/b8-6+. The molecule has 3 aromatic rings. The molecular formula is C21H21ClN2O2. The number of esters is 1. The Hall–Kier alpha value is -2.59. The number of halogens is 1. The number of hydrogen-bond acceptors (Lipinski definition) is 3. The molecule has 3 rings (SSSR count). The van der Waals surface area contributed by atoms with Crippen LogP contribution in [-0.4, -0.2) is 21.0 Å². The average Bonchev–Trinajstić information content (AvgIpc) is 2.94. The smallest absolute Gasteiger partial charge is 0.331 e. The van der Waals surface area contributed by atoms with Crippen LogP contribution in [0, 0.1) is 6.92 Å². The lowest BCUT2D eigenvalue weighted by atomic mass is 10.0. The molecule has 0 N–H and O–H groups in total. The first-order valence-corrected chi connectivity index (χ1v) is 8.75. The van der Waals surface area contributed by atoms with Crippen molar-refractivity contribution in [3.63, 3.8) is 0 Å². The Kier molecular flexibility index (Phi) is 4.88. The van der Waals surface area contributed by atoms with Crippen molar-refractivity contribution in [1.82, 2.24) is 9.38 Å². The maximum absolute atomic E-state index is 12.0. The van der Waals surface area contributed by atoms with Crippen molar-refractivity contribution in [2.24, 2.45) is 0 Å². The molecule has 0 aliphatic carbocycles. The Morgan fingerprint density at radius 1 is 1.23 bits per heavy atom. The lowest BCUT2D eigenvalue weighted by molar-refractivity contribution is -0.148. The minimum absolute atomic E-state index is 0.369. The van der Waals surface area contributed by atoms with E-state index in [1.165, 1.54) is 6.08 Å². The molecule has 0 amide bonds. The van der Waals surface area contributed by atoms with Crippen molar-refractivity contribution in [2.75, 3.05) is 0 Å². The van der Waals surface area contributed by atoms with Crippen molar-refractivity contribution in [1.29, 1.82) is 0 Å². The summed E-state index contributed by atoms with van der Waals surface area (Å²) in [5.41, 5.74) is 4.02.